The molecule has 0 radical (unpaired) electrons. The van der Waals surface area contributed by atoms with Crippen molar-refractivity contribution >= 4 is 5.69 Å². The van der Waals surface area contributed by atoms with Gasteiger partial charge in [0.2, 0.25) is 0 Å². The Hall–Kier alpha value is -1.06. The van der Waals surface area contributed by atoms with Gasteiger partial charge in [0.05, 0.1) is 6.61 Å². The maximum absolute atomic E-state index is 5.44. The zero-order valence-electron chi connectivity index (χ0n) is 11.6. The number of anilines is 1. The predicted molar refractivity (Wildman–Crippen MR) is 78.4 cm³/mol. The van der Waals surface area contributed by atoms with Crippen molar-refractivity contribution in [3.8, 4) is 0 Å². The maximum Gasteiger partial charge on any atom is 0.0511 e. The highest BCUT2D eigenvalue weighted by atomic mass is 16.5. The van der Waals surface area contributed by atoms with Crippen molar-refractivity contribution < 1.29 is 4.74 Å². The third-order valence-electron chi connectivity index (χ3n) is 4.22. The molecule has 0 bridgehead atoms. The number of para-hydroxylation sites is 1. The van der Waals surface area contributed by atoms with Gasteiger partial charge in [-0.05, 0) is 44.0 Å². The summed E-state index contributed by atoms with van der Waals surface area (Å²) in [5.74, 6) is 0.680. The van der Waals surface area contributed by atoms with Gasteiger partial charge in [-0.25, -0.2) is 0 Å². The Morgan fingerprint density at radius 1 is 1.21 bits per heavy atom. The van der Waals surface area contributed by atoms with E-state index in [1.54, 1.807) is 0 Å². The van der Waals surface area contributed by atoms with Gasteiger partial charge < -0.3 is 10.1 Å². The second-order valence-corrected chi connectivity index (χ2v) is 5.75. The largest absolute Gasteiger partial charge is 0.384 e. The van der Waals surface area contributed by atoms with Crippen molar-refractivity contribution in [1.29, 1.82) is 0 Å². The molecule has 0 spiro atoms. The number of rotatable bonds is 5. The van der Waals surface area contributed by atoms with Crippen LogP contribution < -0.4 is 5.32 Å². The molecule has 0 aliphatic carbocycles. The van der Waals surface area contributed by atoms with Gasteiger partial charge >= 0.3 is 0 Å². The molecule has 0 amide bonds. The van der Waals surface area contributed by atoms with Crippen molar-refractivity contribution in [2.45, 2.75) is 25.8 Å². The lowest BCUT2D eigenvalue weighted by Crippen LogP contribution is -2.20. The summed E-state index contributed by atoms with van der Waals surface area (Å²) in [5.41, 5.74) is 2.74. The van der Waals surface area contributed by atoms with Gasteiger partial charge in [0.1, 0.15) is 0 Å². The summed E-state index contributed by atoms with van der Waals surface area (Å²) >= 11 is 0. The molecule has 19 heavy (non-hydrogen) atoms. The summed E-state index contributed by atoms with van der Waals surface area (Å²) in [6.45, 7) is 6.49. The molecule has 2 saturated heterocycles. The molecule has 1 atom stereocenters. The van der Waals surface area contributed by atoms with Gasteiger partial charge in [0, 0.05) is 31.3 Å². The Kier molecular flexibility index (Phi) is 4.36. The molecule has 1 unspecified atom stereocenters. The molecule has 3 heteroatoms. The number of hydrogen-bond donors (Lipinski definition) is 1. The zero-order valence-corrected chi connectivity index (χ0v) is 11.6. The first-order valence-electron chi connectivity index (χ1n) is 7.54. The first kappa shape index (κ1) is 12.9. The lowest BCUT2D eigenvalue weighted by Gasteiger charge is -2.19. The first-order chi connectivity index (χ1) is 9.42. The molecule has 0 aromatic heterocycles. The average molecular weight is 260 g/mol. The van der Waals surface area contributed by atoms with E-state index in [9.17, 15) is 0 Å². The smallest absolute Gasteiger partial charge is 0.0511 e. The van der Waals surface area contributed by atoms with E-state index in [4.69, 9.17) is 4.74 Å². The molecule has 2 aliphatic rings. The lowest BCUT2D eigenvalue weighted by atomic mass is 10.1. The maximum atomic E-state index is 5.44. The van der Waals surface area contributed by atoms with E-state index >= 15 is 0 Å². The minimum atomic E-state index is 0.680. The number of ether oxygens (including phenoxy) is 1. The molecule has 3 rings (SSSR count). The molecule has 2 heterocycles. The van der Waals surface area contributed by atoms with E-state index in [1.807, 2.05) is 0 Å². The highest BCUT2D eigenvalue weighted by Gasteiger charge is 2.17. The van der Waals surface area contributed by atoms with Crippen LogP contribution in [0, 0.1) is 5.92 Å². The van der Waals surface area contributed by atoms with Crippen LogP contribution in [0.5, 0.6) is 0 Å². The molecule has 0 saturated carbocycles. The number of nitrogens with one attached hydrogen (secondary N) is 1. The first-order valence-corrected chi connectivity index (χ1v) is 7.54. The Labute approximate surface area is 115 Å². The van der Waals surface area contributed by atoms with Crippen LogP contribution in [-0.4, -0.2) is 37.7 Å². The van der Waals surface area contributed by atoms with Crippen LogP contribution in [0.25, 0.3) is 0 Å². The van der Waals surface area contributed by atoms with E-state index in [0.717, 1.165) is 26.3 Å². The fourth-order valence-corrected chi connectivity index (χ4v) is 3.01. The van der Waals surface area contributed by atoms with Crippen LogP contribution in [-0.2, 0) is 11.3 Å². The SMILES string of the molecule is c1ccc(NCC2CCOC2)c(CN2CCCC2)c1. The summed E-state index contributed by atoms with van der Waals surface area (Å²) < 4.78 is 5.44. The molecule has 3 nitrogen and oxygen atoms in total. The molecule has 104 valence electrons. The minimum Gasteiger partial charge on any atom is -0.384 e. The number of nitrogens with zero attached hydrogens (tertiary/aromatic N) is 1. The molecule has 2 aliphatic heterocycles. The van der Waals surface area contributed by atoms with E-state index < -0.39 is 0 Å². The van der Waals surface area contributed by atoms with Crippen LogP contribution in [0.15, 0.2) is 24.3 Å². The fraction of sp³-hybridized carbons (Fsp3) is 0.625. The van der Waals surface area contributed by atoms with E-state index in [1.165, 1.54) is 43.6 Å². The number of hydrogen-bond acceptors (Lipinski definition) is 3. The highest BCUT2D eigenvalue weighted by molar-refractivity contribution is 5.51. The third kappa shape index (κ3) is 3.48. The Balaban J connectivity index is 1.59. The molecular formula is C16H24N2O. The summed E-state index contributed by atoms with van der Waals surface area (Å²) in [4.78, 5) is 2.55. The number of benzene rings is 1. The van der Waals surface area contributed by atoms with Crippen molar-refractivity contribution in [3.63, 3.8) is 0 Å². The van der Waals surface area contributed by atoms with Crippen LogP contribution in [0.1, 0.15) is 24.8 Å². The molecule has 1 aromatic carbocycles. The van der Waals surface area contributed by atoms with Crippen molar-refractivity contribution in [2.24, 2.45) is 5.92 Å². The van der Waals surface area contributed by atoms with E-state index in [2.05, 4.69) is 34.5 Å². The normalized spacial score (nSPS) is 23.9. The fourth-order valence-electron chi connectivity index (χ4n) is 3.01. The molecule has 1 aromatic rings. The van der Waals surface area contributed by atoms with Gasteiger partial charge in [-0.15, -0.1) is 0 Å². The zero-order chi connectivity index (χ0) is 12.9. The highest BCUT2D eigenvalue weighted by Crippen LogP contribution is 2.21. The third-order valence-corrected chi connectivity index (χ3v) is 4.22. The Morgan fingerprint density at radius 2 is 2.05 bits per heavy atom. The standard InChI is InChI=1S/C16H24N2O/c1-2-6-16(17-11-14-7-10-19-13-14)15(5-1)12-18-8-3-4-9-18/h1-2,5-6,14,17H,3-4,7-13H2. The average Bonchev–Trinajstić information content (AvgIpc) is 3.10. The molecule has 2 fully saturated rings. The minimum absolute atomic E-state index is 0.680. The van der Waals surface area contributed by atoms with Crippen molar-refractivity contribution in [3.05, 3.63) is 29.8 Å². The molecule has 1 N–H and O–H groups in total. The topological polar surface area (TPSA) is 24.5 Å². The van der Waals surface area contributed by atoms with Gasteiger partial charge in [-0.3, -0.25) is 4.90 Å². The summed E-state index contributed by atoms with van der Waals surface area (Å²) in [7, 11) is 0. The van der Waals surface area contributed by atoms with Crippen molar-refractivity contribution in [2.75, 3.05) is 38.2 Å². The second kappa shape index (κ2) is 6.40. The van der Waals surface area contributed by atoms with Gasteiger partial charge in [0.25, 0.3) is 0 Å². The van der Waals surface area contributed by atoms with E-state index in [-0.39, 0.29) is 0 Å². The summed E-state index contributed by atoms with van der Waals surface area (Å²) in [5, 5.41) is 3.62. The van der Waals surface area contributed by atoms with Crippen LogP contribution >= 0.6 is 0 Å². The summed E-state index contributed by atoms with van der Waals surface area (Å²) in [6, 6.07) is 8.74. The predicted octanol–water partition coefficient (Wildman–Crippen LogP) is 2.73. The van der Waals surface area contributed by atoms with Crippen molar-refractivity contribution in [1.82, 2.24) is 4.90 Å². The number of likely N-dealkylation sites (tertiary alicyclic amines) is 1. The summed E-state index contributed by atoms with van der Waals surface area (Å²) in [6.07, 6.45) is 3.91. The van der Waals surface area contributed by atoms with Crippen LogP contribution in [0.2, 0.25) is 0 Å². The molecular weight excluding hydrogens is 236 g/mol. The van der Waals surface area contributed by atoms with Crippen LogP contribution in [0.4, 0.5) is 5.69 Å². The monoisotopic (exact) mass is 260 g/mol. The lowest BCUT2D eigenvalue weighted by molar-refractivity contribution is 0.187. The Bertz CT molecular complexity index is 395. The van der Waals surface area contributed by atoms with Gasteiger partial charge in [-0.2, -0.15) is 0 Å². The second-order valence-electron chi connectivity index (χ2n) is 5.75. The Morgan fingerprint density at radius 3 is 2.84 bits per heavy atom. The van der Waals surface area contributed by atoms with Crippen LogP contribution in [0.3, 0.4) is 0 Å². The van der Waals surface area contributed by atoms with Gasteiger partial charge in [0.15, 0.2) is 0 Å². The quantitative estimate of drug-likeness (QED) is 0.881. The van der Waals surface area contributed by atoms with E-state index in [0.29, 0.717) is 5.92 Å². The van der Waals surface area contributed by atoms with Gasteiger partial charge in [-0.1, -0.05) is 18.2 Å².